The van der Waals surface area contributed by atoms with Crippen molar-refractivity contribution in [3.05, 3.63) is 33.8 Å². The number of aryl methyl sites for hydroxylation is 2. The van der Waals surface area contributed by atoms with E-state index in [4.69, 9.17) is 0 Å². The molecule has 0 amide bonds. The van der Waals surface area contributed by atoms with Gasteiger partial charge in [0.1, 0.15) is 0 Å². The molecular weight excluding hydrogens is 230 g/mol. The standard InChI is InChI=1S/C13H17N3S/c1-9-12(4-6-14-3)10(2)16-13(15-9)11-5-7-17-8-11/h5,7-8,14H,4,6H2,1-3H3. The van der Waals surface area contributed by atoms with Gasteiger partial charge in [0.2, 0.25) is 0 Å². The van der Waals surface area contributed by atoms with E-state index >= 15 is 0 Å². The molecule has 0 saturated heterocycles. The molecule has 0 aromatic carbocycles. The van der Waals surface area contributed by atoms with Crippen molar-refractivity contribution in [3.63, 3.8) is 0 Å². The molecule has 0 aliphatic carbocycles. The second-order valence-electron chi connectivity index (χ2n) is 4.06. The third-order valence-corrected chi connectivity index (χ3v) is 3.51. The molecule has 0 unspecified atom stereocenters. The average Bonchev–Trinajstić information content (AvgIpc) is 2.81. The van der Waals surface area contributed by atoms with E-state index in [1.54, 1.807) is 11.3 Å². The van der Waals surface area contributed by atoms with Crippen LogP contribution in [0.15, 0.2) is 16.8 Å². The molecule has 2 rings (SSSR count). The fourth-order valence-corrected chi connectivity index (χ4v) is 2.51. The Hall–Kier alpha value is -1.26. The molecule has 0 radical (unpaired) electrons. The minimum absolute atomic E-state index is 0.842. The largest absolute Gasteiger partial charge is 0.319 e. The predicted octanol–water partition coefficient (Wildman–Crippen LogP) is 2.58. The Balaban J connectivity index is 2.35. The Morgan fingerprint density at radius 3 is 2.47 bits per heavy atom. The summed E-state index contributed by atoms with van der Waals surface area (Å²) < 4.78 is 0. The molecule has 0 fully saturated rings. The van der Waals surface area contributed by atoms with Gasteiger partial charge in [0.05, 0.1) is 0 Å². The lowest BCUT2D eigenvalue weighted by atomic mass is 10.1. The lowest BCUT2D eigenvalue weighted by molar-refractivity contribution is 0.774. The maximum absolute atomic E-state index is 4.60. The van der Waals surface area contributed by atoms with Crippen LogP contribution in [0.4, 0.5) is 0 Å². The third-order valence-electron chi connectivity index (χ3n) is 2.83. The fraction of sp³-hybridized carbons (Fsp3) is 0.385. The van der Waals surface area contributed by atoms with E-state index in [1.807, 2.05) is 7.05 Å². The topological polar surface area (TPSA) is 37.8 Å². The third kappa shape index (κ3) is 2.70. The molecule has 2 aromatic heterocycles. The molecule has 0 aliphatic rings. The summed E-state index contributed by atoms with van der Waals surface area (Å²) in [5, 5.41) is 7.30. The average molecular weight is 247 g/mol. The first-order valence-electron chi connectivity index (χ1n) is 5.73. The van der Waals surface area contributed by atoms with E-state index in [9.17, 15) is 0 Å². The maximum Gasteiger partial charge on any atom is 0.160 e. The van der Waals surface area contributed by atoms with Gasteiger partial charge in [-0.05, 0) is 50.9 Å². The summed E-state index contributed by atoms with van der Waals surface area (Å²) in [7, 11) is 1.96. The molecule has 4 heteroatoms. The van der Waals surface area contributed by atoms with Gasteiger partial charge in [-0.15, -0.1) is 0 Å². The van der Waals surface area contributed by atoms with Crippen LogP contribution in [0.2, 0.25) is 0 Å². The minimum atomic E-state index is 0.842. The van der Waals surface area contributed by atoms with Gasteiger partial charge in [-0.2, -0.15) is 11.3 Å². The van der Waals surface area contributed by atoms with Crippen molar-refractivity contribution in [2.75, 3.05) is 13.6 Å². The zero-order chi connectivity index (χ0) is 12.3. The monoisotopic (exact) mass is 247 g/mol. The van der Waals surface area contributed by atoms with Crippen LogP contribution in [0.1, 0.15) is 17.0 Å². The van der Waals surface area contributed by atoms with Gasteiger partial charge in [0.15, 0.2) is 5.82 Å². The molecule has 1 N–H and O–H groups in total. The van der Waals surface area contributed by atoms with Gasteiger partial charge in [-0.25, -0.2) is 9.97 Å². The molecular formula is C13H17N3S. The number of nitrogens with zero attached hydrogens (tertiary/aromatic N) is 2. The van der Waals surface area contributed by atoms with Crippen molar-refractivity contribution < 1.29 is 0 Å². The Morgan fingerprint density at radius 2 is 1.94 bits per heavy atom. The highest BCUT2D eigenvalue weighted by Crippen LogP contribution is 2.21. The van der Waals surface area contributed by atoms with Crippen molar-refractivity contribution in [2.24, 2.45) is 0 Å². The zero-order valence-corrected chi connectivity index (χ0v) is 11.3. The van der Waals surface area contributed by atoms with Crippen LogP contribution in [0.25, 0.3) is 11.4 Å². The van der Waals surface area contributed by atoms with Crippen LogP contribution in [0.3, 0.4) is 0 Å². The van der Waals surface area contributed by atoms with Crippen LogP contribution in [-0.2, 0) is 6.42 Å². The van der Waals surface area contributed by atoms with Crippen LogP contribution in [0.5, 0.6) is 0 Å². The van der Waals surface area contributed by atoms with Gasteiger partial charge < -0.3 is 5.32 Å². The van der Waals surface area contributed by atoms with Crippen molar-refractivity contribution >= 4 is 11.3 Å². The molecule has 0 spiro atoms. The summed E-state index contributed by atoms with van der Waals surface area (Å²) in [6.45, 7) is 5.09. The lowest BCUT2D eigenvalue weighted by Gasteiger charge is -2.10. The van der Waals surface area contributed by atoms with Crippen LogP contribution >= 0.6 is 11.3 Å². The predicted molar refractivity (Wildman–Crippen MR) is 72.4 cm³/mol. The molecule has 0 atom stereocenters. The number of aromatic nitrogens is 2. The SMILES string of the molecule is CNCCc1c(C)nc(-c2ccsc2)nc1C. The summed E-state index contributed by atoms with van der Waals surface area (Å²) >= 11 is 1.67. The number of thiophene rings is 1. The van der Waals surface area contributed by atoms with Crippen molar-refractivity contribution in [3.8, 4) is 11.4 Å². The molecule has 17 heavy (non-hydrogen) atoms. The van der Waals surface area contributed by atoms with E-state index in [0.29, 0.717) is 0 Å². The first kappa shape index (κ1) is 12.2. The smallest absolute Gasteiger partial charge is 0.160 e. The summed E-state index contributed by atoms with van der Waals surface area (Å²) in [4.78, 5) is 9.19. The summed E-state index contributed by atoms with van der Waals surface area (Å²) in [5.74, 6) is 0.842. The number of likely N-dealkylation sites (N-methyl/N-ethyl adjacent to an activating group) is 1. The maximum atomic E-state index is 4.60. The Labute approximate surface area is 106 Å². The number of hydrogen-bond donors (Lipinski definition) is 1. The van der Waals surface area contributed by atoms with E-state index in [-0.39, 0.29) is 0 Å². The first-order valence-corrected chi connectivity index (χ1v) is 6.68. The molecule has 2 heterocycles. The summed E-state index contributed by atoms with van der Waals surface area (Å²) in [5.41, 5.74) is 4.56. The van der Waals surface area contributed by atoms with Crippen LogP contribution in [-0.4, -0.2) is 23.6 Å². The fourth-order valence-electron chi connectivity index (χ4n) is 1.87. The second-order valence-corrected chi connectivity index (χ2v) is 4.84. The van der Waals surface area contributed by atoms with Gasteiger partial charge in [0, 0.05) is 22.3 Å². The Bertz CT molecular complexity index is 468. The van der Waals surface area contributed by atoms with Gasteiger partial charge in [-0.1, -0.05) is 0 Å². The highest BCUT2D eigenvalue weighted by molar-refractivity contribution is 7.08. The highest BCUT2D eigenvalue weighted by atomic mass is 32.1. The Kier molecular flexibility index (Phi) is 3.86. The molecule has 0 aliphatic heterocycles. The van der Waals surface area contributed by atoms with Crippen LogP contribution in [0, 0.1) is 13.8 Å². The van der Waals surface area contributed by atoms with Crippen molar-refractivity contribution in [1.29, 1.82) is 0 Å². The Morgan fingerprint density at radius 1 is 1.24 bits per heavy atom. The molecule has 0 bridgehead atoms. The molecule has 90 valence electrons. The number of nitrogens with one attached hydrogen (secondary N) is 1. The number of rotatable bonds is 4. The van der Waals surface area contributed by atoms with Crippen molar-refractivity contribution in [2.45, 2.75) is 20.3 Å². The number of hydrogen-bond acceptors (Lipinski definition) is 4. The van der Waals surface area contributed by atoms with Crippen LogP contribution < -0.4 is 5.32 Å². The van der Waals surface area contributed by atoms with E-state index in [0.717, 1.165) is 35.7 Å². The second kappa shape index (κ2) is 5.38. The first-order chi connectivity index (χ1) is 8.22. The van der Waals surface area contributed by atoms with Crippen molar-refractivity contribution in [1.82, 2.24) is 15.3 Å². The van der Waals surface area contributed by atoms with E-state index in [2.05, 4.69) is 46.0 Å². The summed E-state index contributed by atoms with van der Waals surface area (Å²) in [6.07, 6.45) is 0.984. The van der Waals surface area contributed by atoms with Gasteiger partial charge >= 0.3 is 0 Å². The summed E-state index contributed by atoms with van der Waals surface area (Å²) in [6, 6.07) is 2.06. The zero-order valence-electron chi connectivity index (χ0n) is 10.4. The quantitative estimate of drug-likeness (QED) is 0.902. The highest BCUT2D eigenvalue weighted by Gasteiger charge is 2.09. The van der Waals surface area contributed by atoms with Gasteiger partial charge in [0.25, 0.3) is 0 Å². The normalized spacial score (nSPS) is 10.8. The molecule has 2 aromatic rings. The van der Waals surface area contributed by atoms with Gasteiger partial charge in [-0.3, -0.25) is 0 Å². The van der Waals surface area contributed by atoms with E-state index < -0.39 is 0 Å². The van der Waals surface area contributed by atoms with E-state index in [1.165, 1.54) is 5.56 Å². The lowest BCUT2D eigenvalue weighted by Crippen LogP contribution is -2.13. The molecule has 0 saturated carbocycles. The minimum Gasteiger partial charge on any atom is -0.319 e. The molecule has 3 nitrogen and oxygen atoms in total.